The summed E-state index contributed by atoms with van der Waals surface area (Å²) in [5.74, 6) is 0.669. The van der Waals surface area contributed by atoms with E-state index in [4.69, 9.17) is 18.9 Å². The molecule has 1 aliphatic heterocycles. The number of benzene rings is 2. The molecular weight excluding hydrogens is 528 g/mol. The van der Waals surface area contributed by atoms with Gasteiger partial charge in [-0.25, -0.2) is 9.59 Å². The number of hydrogen-bond donors (Lipinski definition) is 0. The van der Waals surface area contributed by atoms with Crippen molar-refractivity contribution < 1.29 is 28.5 Å². The van der Waals surface area contributed by atoms with Crippen LogP contribution >= 0.6 is 0 Å². The van der Waals surface area contributed by atoms with Crippen molar-refractivity contribution in [2.45, 2.75) is 130 Å². The van der Waals surface area contributed by atoms with E-state index in [1.807, 2.05) is 24.3 Å². The highest BCUT2D eigenvalue weighted by Gasteiger charge is 2.48. The molecule has 6 nitrogen and oxygen atoms in total. The van der Waals surface area contributed by atoms with Crippen molar-refractivity contribution in [1.29, 1.82) is 0 Å². The SMILES string of the molecule is CCCC1CCC(CCCCc2ccc(-c3ccc(C4O[C@@H](C(=O)OC(C)C)[C@H](C(=O)OC(C)C)O4)cc3)cc2)CC1. The van der Waals surface area contributed by atoms with Crippen molar-refractivity contribution >= 4 is 11.9 Å². The summed E-state index contributed by atoms with van der Waals surface area (Å²) in [7, 11) is 0. The highest BCUT2D eigenvalue weighted by atomic mass is 16.8. The van der Waals surface area contributed by atoms with Crippen molar-refractivity contribution in [2.75, 3.05) is 0 Å². The van der Waals surface area contributed by atoms with E-state index in [0.29, 0.717) is 0 Å². The third-order valence-corrected chi connectivity index (χ3v) is 8.44. The minimum absolute atomic E-state index is 0.340. The number of hydrogen-bond acceptors (Lipinski definition) is 6. The normalized spacial score (nSPS) is 22.9. The van der Waals surface area contributed by atoms with Gasteiger partial charge < -0.3 is 18.9 Å². The zero-order valence-corrected chi connectivity index (χ0v) is 26.2. The van der Waals surface area contributed by atoms with Gasteiger partial charge in [0, 0.05) is 5.56 Å². The molecule has 1 aliphatic carbocycles. The fourth-order valence-electron chi connectivity index (χ4n) is 6.23. The summed E-state index contributed by atoms with van der Waals surface area (Å²) in [4.78, 5) is 25.3. The molecule has 1 saturated carbocycles. The fourth-order valence-corrected chi connectivity index (χ4v) is 6.23. The molecule has 42 heavy (non-hydrogen) atoms. The third kappa shape index (κ3) is 9.15. The van der Waals surface area contributed by atoms with E-state index in [2.05, 4.69) is 31.2 Å². The Morgan fingerprint density at radius 2 is 1.19 bits per heavy atom. The number of unbranched alkanes of at least 4 members (excludes halogenated alkanes) is 1. The first-order chi connectivity index (χ1) is 20.2. The lowest BCUT2D eigenvalue weighted by Gasteiger charge is -2.28. The van der Waals surface area contributed by atoms with Gasteiger partial charge in [0.15, 0.2) is 18.5 Å². The van der Waals surface area contributed by atoms with E-state index in [0.717, 1.165) is 34.9 Å². The van der Waals surface area contributed by atoms with Crippen LogP contribution in [0.5, 0.6) is 0 Å². The largest absolute Gasteiger partial charge is 0.461 e. The Kier molecular flexibility index (Phi) is 12.0. The number of ether oxygens (including phenoxy) is 4. The minimum atomic E-state index is -1.18. The van der Waals surface area contributed by atoms with Gasteiger partial charge in [-0.1, -0.05) is 107 Å². The van der Waals surface area contributed by atoms with Gasteiger partial charge in [-0.3, -0.25) is 0 Å². The number of esters is 2. The van der Waals surface area contributed by atoms with Gasteiger partial charge in [-0.2, -0.15) is 0 Å². The van der Waals surface area contributed by atoms with Gasteiger partial charge in [0.05, 0.1) is 12.2 Å². The number of aryl methyl sites for hydroxylation is 1. The Labute approximate surface area is 252 Å². The quantitative estimate of drug-likeness (QED) is 0.176. The zero-order chi connectivity index (χ0) is 30.1. The maximum atomic E-state index is 12.7. The molecule has 1 heterocycles. The molecule has 0 radical (unpaired) electrons. The summed E-state index contributed by atoms with van der Waals surface area (Å²) in [6.45, 7) is 9.30. The van der Waals surface area contributed by atoms with Crippen LogP contribution in [0.4, 0.5) is 0 Å². The molecule has 1 saturated heterocycles. The third-order valence-electron chi connectivity index (χ3n) is 8.44. The first-order valence-corrected chi connectivity index (χ1v) is 16.1. The summed E-state index contributed by atoms with van der Waals surface area (Å²) in [6.07, 6.45) is 9.69. The van der Waals surface area contributed by atoms with Crippen LogP contribution in [0.1, 0.15) is 110 Å². The van der Waals surface area contributed by atoms with Gasteiger partial charge in [-0.15, -0.1) is 0 Å². The molecule has 0 spiro atoms. The van der Waals surface area contributed by atoms with Crippen molar-refractivity contribution in [3.05, 3.63) is 59.7 Å². The van der Waals surface area contributed by atoms with Crippen LogP contribution in [0.25, 0.3) is 11.1 Å². The second-order valence-corrected chi connectivity index (χ2v) is 12.7. The molecular formula is C36H50O6. The van der Waals surface area contributed by atoms with E-state index in [-0.39, 0.29) is 12.2 Å². The Morgan fingerprint density at radius 3 is 1.67 bits per heavy atom. The lowest BCUT2D eigenvalue weighted by molar-refractivity contribution is -0.167. The van der Waals surface area contributed by atoms with Gasteiger partial charge in [0.1, 0.15) is 0 Å². The van der Waals surface area contributed by atoms with Crippen molar-refractivity contribution in [3.63, 3.8) is 0 Å². The minimum Gasteiger partial charge on any atom is -0.461 e. The molecule has 2 aliphatic rings. The van der Waals surface area contributed by atoms with E-state index >= 15 is 0 Å². The Balaban J connectivity index is 1.28. The predicted octanol–water partition coefficient (Wildman–Crippen LogP) is 8.36. The average molecular weight is 579 g/mol. The average Bonchev–Trinajstić information content (AvgIpc) is 3.42. The van der Waals surface area contributed by atoms with Gasteiger partial charge >= 0.3 is 11.9 Å². The Morgan fingerprint density at radius 1 is 0.714 bits per heavy atom. The van der Waals surface area contributed by atoms with Gasteiger partial charge in [0.2, 0.25) is 0 Å². The highest BCUT2D eigenvalue weighted by Crippen LogP contribution is 2.35. The number of carbonyl (C=O) groups is 2. The highest BCUT2D eigenvalue weighted by molar-refractivity contribution is 5.86. The Bertz CT molecular complexity index is 1080. The molecule has 4 rings (SSSR count). The Hall–Kier alpha value is -2.70. The lowest BCUT2D eigenvalue weighted by atomic mass is 9.78. The molecule has 0 aromatic heterocycles. The molecule has 2 aromatic rings. The number of rotatable bonds is 13. The van der Waals surface area contributed by atoms with Crippen LogP contribution in [0, 0.1) is 11.8 Å². The van der Waals surface area contributed by atoms with Crippen LogP contribution in [0.15, 0.2) is 48.5 Å². The molecule has 0 bridgehead atoms. The standard InChI is InChI=1S/C36H50O6/c1-6-9-26-12-14-27(15-13-26)10-7-8-11-28-16-18-29(19-17-28)30-20-22-31(23-21-30)36-41-32(34(37)39-24(2)3)33(42-36)35(38)40-25(4)5/h16-27,32-33,36H,6-15H2,1-5H3/t26?,27?,32-,33-/m1/s1. The van der Waals surface area contributed by atoms with Crippen LogP contribution in [0.2, 0.25) is 0 Å². The van der Waals surface area contributed by atoms with Crippen LogP contribution in [-0.4, -0.2) is 36.4 Å². The van der Waals surface area contributed by atoms with Crippen molar-refractivity contribution in [1.82, 2.24) is 0 Å². The molecule has 6 heteroatoms. The summed E-state index contributed by atoms with van der Waals surface area (Å²) >= 11 is 0. The predicted molar refractivity (Wildman–Crippen MR) is 165 cm³/mol. The second-order valence-electron chi connectivity index (χ2n) is 12.7. The van der Waals surface area contributed by atoms with Crippen LogP contribution < -0.4 is 0 Å². The first kappa shape index (κ1) is 32.2. The molecule has 2 fully saturated rings. The van der Waals surface area contributed by atoms with Gasteiger partial charge in [0.25, 0.3) is 0 Å². The van der Waals surface area contributed by atoms with Crippen LogP contribution in [0.3, 0.4) is 0 Å². The fraction of sp³-hybridized carbons (Fsp3) is 0.611. The summed E-state index contributed by atoms with van der Waals surface area (Å²) in [6, 6.07) is 16.7. The smallest absolute Gasteiger partial charge is 0.339 e. The molecule has 2 atom stereocenters. The molecule has 230 valence electrons. The summed E-state index contributed by atoms with van der Waals surface area (Å²) in [5, 5.41) is 0. The van der Waals surface area contributed by atoms with E-state index in [1.165, 1.54) is 63.4 Å². The number of carbonyl (C=O) groups excluding carboxylic acids is 2. The molecule has 0 N–H and O–H groups in total. The van der Waals surface area contributed by atoms with Crippen molar-refractivity contribution in [3.8, 4) is 11.1 Å². The van der Waals surface area contributed by atoms with E-state index < -0.39 is 30.4 Å². The summed E-state index contributed by atoms with van der Waals surface area (Å²) < 4.78 is 22.4. The van der Waals surface area contributed by atoms with Crippen LogP contribution in [-0.2, 0) is 35.0 Å². The van der Waals surface area contributed by atoms with E-state index in [1.54, 1.807) is 27.7 Å². The lowest BCUT2D eigenvalue weighted by Crippen LogP contribution is -2.40. The zero-order valence-electron chi connectivity index (χ0n) is 26.2. The topological polar surface area (TPSA) is 71.1 Å². The molecule has 0 unspecified atom stereocenters. The second kappa shape index (κ2) is 15.7. The van der Waals surface area contributed by atoms with Gasteiger partial charge in [-0.05, 0) is 69.1 Å². The van der Waals surface area contributed by atoms with Crippen molar-refractivity contribution in [2.24, 2.45) is 11.8 Å². The monoisotopic (exact) mass is 578 g/mol. The van der Waals surface area contributed by atoms with E-state index in [9.17, 15) is 9.59 Å². The first-order valence-electron chi connectivity index (χ1n) is 16.1. The molecule has 2 aromatic carbocycles. The maximum absolute atomic E-state index is 12.7. The molecule has 0 amide bonds. The maximum Gasteiger partial charge on any atom is 0.339 e. The summed E-state index contributed by atoms with van der Waals surface area (Å²) in [5.41, 5.74) is 4.32.